The van der Waals surface area contributed by atoms with E-state index in [1.165, 1.54) is 28.1 Å². The fraction of sp³-hybridized carbons (Fsp3) is 0.212. The number of carboxylic acids is 2. The number of carboxylic acid groups (broad SMARTS) is 2. The van der Waals surface area contributed by atoms with E-state index in [0.29, 0.717) is 16.4 Å². The standard InChI is InChI=1S/C33H33N3O6S/c1-22(31(38)35(23(2)32(39)40)27-17-15-25(16-18-27)24-10-5-3-6-11-24)36(30-14-9-21-43-30)28(33(41)42)19-20-29(37)34-26-12-7-4-8-13-26/h3-18,21-23,28H,19-20H2,1-2H3,(H,34,37)(H,39,40)(H,41,42)/t22-,23-,28?/m0/s1. The molecule has 0 saturated carbocycles. The average molecular weight is 600 g/mol. The van der Waals surface area contributed by atoms with E-state index in [0.717, 1.165) is 11.1 Å². The molecule has 1 unspecified atom stereocenters. The monoisotopic (exact) mass is 599 g/mol. The number of hydrogen-bond acceptors (Lipinski definition) is 6. The van der Waals surface area contributed by atoms with Crippen LogP contribution in [0.3, 0.4) is 0 Å². The molecule has 0 bridgehead atoms. The van der Waals surface area contributed by atoms with E-state index in [-0.39, 0.29) is 18.7 Å². The molecule has 0 aliphatic carbocycles. The van der Waals surface area contributed by atoms with Crippen LogP contribution < -0.4 is 15.1 Å². The number of para-hydroxylation sites is 1. The maximum atomic E-state index is 14.1. The van der Waals surface area contributed by atoms with Gasteiger partial charge in [-0.3, -0.25) is 14.5 Å². The Hall–Kier alpha value is -4.96. The van der Waals surface area contributed by atoms with Crippen molar-refractivity contribution in [2.24, 2.45) is 0 Å². The molecule has 0 aliphatic rings. The first-order valence-corrected chi connectivity index (χ1v) is 14.7. The number of amides is 2. The number of anilines is 3. The van der Waals surface area contributed by atoms with Crippen molar-refractivity contribution in [3.05, 3.63) is 102 Å². The van der Waals surface area contributed by atoms with E-state index in [1.807, 2.05) is 48.5 Å². The first-order valence-electron chi connectivity index (χ1n) is 13.8. The molecule has 1 aromatic heterocycles. The predicted molar refractivity (Wildman–Crippen MR) is 168 cm³/mol. The molecule has 0 fully saturated rings. The molecule has 43 heavy (non-hydrogen) atoms. The number of hydrogen-bond donors (Lipinski definition) is 3. The number of thiophene rings is 1. The Morgan fingerprint density at radius 3 is 1.91 bits per heavy atom. The lowest BCUT2D eigenvalue weighted by molar-refractivity contribution is -0.141. The summed E-state index contributed by atoms with van der Waals surface area (Å²) in [7, 11) is 0. The number of carbonyl (C=O) groups is 4. The van der Waals surface area contributed by atoms with Crippen molar-refractivity contribution in [3.8, 4) is 11.1 Å². The van der Waals surface area contributed by atoms with Gasteiger partial charge in [-0.1, -0.05) is 60.7 Å². The molecule has 10 heteroatoms. The highest BCUT2D eigenvalue weighted by Gasteiger charge is 2.38. The van der Waals surface area contributed by atoms with Crippen LogP contribution in [0.2, 0.25) is 0 Å². The summed E-state index contributed by atoms with van der Waals surface area (Å²) in [5, 5.41) is 25.2. The topological polar surface area (TPSA) is 127 Å². The SMILES string of the molecule is C[C@@H](C(=O)O)N(C(=O)[C@H](C)N(c1cccs1)C(CCC(=O)Nc1ccccc1)C(=O)O)c1ccc(-c2ccccc2)cc1. The molecule has 3 N–H and O–H groups in total. The Kier molecular flexibility index (Phi) is 10.3. The third-order valence-electron chi connectivity index (χ3n) is 7.09. The third kappa shape index (κ3) is 7.66. The van der Waals surface area contributed by atoms with E-state index >= 15 is 0 Å². The minimum absolute atomic E-state index is 0.0796. The zero-order valence-electron chi connectivity index (χ0n) is 23.8. The second kappa shape index (κ2) is 14.3. The van der Waals surface area contributed by atoms with Crippen LogP contribution in [0.1, 0.15) is 26.7 Å². The Morgan fingerprint density at radius 2 is 1.35 bits per heavy atom. The molecule has 4 rings (SSSR count). The molecule has 0 aliphatic heterocycles. The van der Waals surface area contributed by atoms with E-state index in [9.17, 15) is 29.4 Å². The predicted octanol–water partition coefficient (Wildman–Crippen LogP) is 5.99. The van der Waals surface area contributed by atoms with Gasteiger partial charge in [0.1, 0.15) is 18.1 Å². The maximum Gasteiger partial charge on any atom is 0.326 e. The first kappa shape index (κ1) is 31.0. The van der Waals surface area contributed by atoms with E-state index in [4.69, 9.17) is 0 Å². The van der Waals surface area contributed by atoms with Crippen molar-refractivity contribution in [2.45, 2.75) is 44.8 Å². The fourth-order valence-corrected chi connectivity index (χ4v) is 5.70. The molecule has 3 aromatic carbocycles. The fourth-order valence-electron chi connectivity index (χ4n) is 4.84. The van der Waals surface area contributed by atoms with Crippen LogP contribution in [0.15, 0.2) is 102 Å². The van der Waals surface area contributed by atoms with Gasteiger partial charge in [-0.25, -0.2) is 9.59 Å². The molecule has 2 amide bonds. The van der Waals surface area contributed by atoms with E-state index in [1.54, 1.807) is 60.8 Å². The summed E-state index contributed by atoms with van der Waals surface area (Å²) in [6, 6.07) is 25.4. The van der Waals surface area contributed by atoms with Crippen LogP contribution in [0, 0.1) is 0 Å². The van der Waals surface area contributed by atoms with Gasteiger partial charge in [-0.2, -0.15) is 0 Å². The lowest BCUT2D eigenvalue weighted by Gasteiger charge is -2.38. The van der Waals surface area contributed by atoms with Crippen LogP contribution in [0.4, 0.5) is 16.4 Å². The summed E-state index contributed by atoms with van der Waals surface area (Å²) >= 11 is 1.26. The van der Waals surface area contributed by atoms with Crippen LogP contribution in [-0.2, 0) is 19.2 Å². The number of carbonyl (C=O) groups excluding carboxylic acids is 2. The summed E-state index contributed by atoms with van der Waals surface area (Å²) in [5.74, 6) is -3.36. The molecule has 9 nitrogen and oxygen atoms in total. The molecule has 0 spiro atoms. The van der Waals surface area contributed by atoms with Crippen molar-refractivity contribution in [2.75, 3.05) is 15.1 Å². The van der Waals surface area contributed by atoms with Gasteiger partial charge < -0.3 is 20.4 Å². The van der Waals surface area contributed by atoms with Crippen molar-refractivity contribution < 1.29 is 29.4 Å². The Balaban J connectivity index is 1.62. The van der Waals surface area contributed by atoms with Crippen LogP contribution >= 0.6 is 11.3 Å². The van der Waals surface area contributed by atoms with Gasteiger partial charge in [0, 0.05) is 17.8 Å². The van der Waals surface area contributed by atoms with E-state index in [2.05, 4.69) is 5.32 Å². The van der Waals surface area contributed by atoms with Gasteiger partial charge in [0.05, 0.1) is 5.00 Å². The van der Waals surface area contributed by atoms with Gasteiger partial charge in [0.2, 0.25) is 11.8 Å². The van der Waals surface area contributed by atoms with Gasteiger partial charge in [-0.15, -0.1) is 11.3 Å². The lowest BCUT2D eigenvalue weighted by Crippen LogP contribution is -2.56. The second-order valence-electron chi connectivity index (χ2n) is 9.98. The van der Waals surface area contributed by atoms with Gasteiger partial charge in [-0.05, 0) is 73.2 Å². The van der Waals surface area contributed by atoms with Gasteiger partial charge in [0.15, 0.2) is 0 Å². The Morgan fingerprint density at radius 1 is 0.744 bits per heavy atom. The average Bonchev–Trinajstić information content (AvgIpc) is 3.54. The van der Waals surface area contributed by atoms with Gasteiger partial charge in [0.25, 0.3) is 0 Å². The smallest absolute Gasteiger partial charge is 0.326 e. The highest BCUT2D eigenvalue weighted by atomic mass is 32.1. The first-order chi connectivity index (χ1) is 20.7. The lowest BCUT2D eigenvalue weighted by atomic mass is 10.0. The number of benzene rings is 3. The second-order valence-corrected chi connectivity index (χ2v) is 10.9. The molecular formula is C33H33N3O6S. The number of nitrogens with zero attached hydrogens (tertiary/aromatic N) is 2. The van der Waals surface area contributed by atoms with Crippen molar-refractivity contribution in [3.63, 3.8) is 0 Å². The number of aliphatic carboxylic acids is 2. The molecule has 3 atom stereocenters. The summed E-state index contributed by atoms with van der Waals surface area (Å²) in [4.78, 5) is 54.2. The molecule has 0 radical (unpaired) electrons. The Bertz CT molecular complexity index is 1530. The zero-order chi connectivity index (χ0) is 30.9. The highest BCUT2D eigenvalue weighted by molar-refractivity contribution is 7.14. The van der Waals surface area contributed by atoms with Crippen molar-refractivity contribution >= 4 is 51.5 Å². The minimum Gasteiger partial charge on any atom is -0.480 e. The summed E-state index contributed by atoms with van der Waals surface area (Å²) in [6.07, 6.45) is -0.186. The molecule has 0 saturated heterocycles. The Labute approximate surface area is 254 Å². The largest absolute Gasteiger partial charge is 0.480 e. The van der Waals surface area contributed by atoms with Crippen LogP contribution in [0.25, 0.3) is 11.1 Å². The summed E-state index contributed by atoms with van der Waals surface area (Å²) in [5.41, 5.74) is 2.82. The molecule has 4 aromatic rings. The maximum absolute atomic E-state index is 14.1. The highest BCUT2D eigenvalue weighted by Crippen LogP contribution is 2.31. The van der Waals surface area contributed by atoms with Crippen LogP contribution in [0.5, 0.6) is 0 Å². The summed E-state index contributed by atoms with van der Waals surface area (Å²) in [6.45, 7) is 2.97. The summed E-state index contributed by atoms with van der Waals surface area (Å²) < 4.78 is 0. The van der Waals surface area contributed by atoms with Gasteiger partial charge >= 0.3 is 11.9 Å². The normalized spacial score (nSPS) is 12.9. The minimum atomic E-state index is -1.23. The van der Waals surface area contributed by atoms with E-state index < -0.39 is 36.0 Å². The van der Waals surface area contributed by atoms with Crippen molar-refractivity contribution in [1.82, 2.24) is 0 Å². The molecular weight excluding hydrogens is 566 g/mol. The van der Waals surface area contributed by atoms with Crippen LogP contribution in [-0.4, -0.2) is 52.1 Å². The zero-order valence-corrected chi connectivity index (χ0v) is 24.6. The van der Waals surface area contributed by atoms with Crippen molar-refractivity contribution in [1.29, 1.82) is 0 Å². The number of rotatable bonds is 13. The molecule has 1 heterocycles. The third-order valence-corrected chi connectivity index (χ3v) is 7.97. The molecule has 222 valence electrons. The number of nitrogens with one attached hydrogen (secondary N) is 1. The quantitative estimate of drug-likeness (QED) is 0.172.